The fraction of sp³-hybridized carbons (Fsp3) is 0.600. The lowest BCUT2D eigenvalue weighted by Gasteiger charge is -2.40. The van der Waals surface area contributed by atoms with Crippen molar-refractivity contribution in [3.8, 4) is 17.6 Å². The van der Waals surface area contributed by atoms with Gasteiger partial charge < -0.3 is 14.4 Å². The predicted molar refractivity (Wildman–Crippen MR) is 109 cm³/mol. The second kappa shape index (κ2) is 8.85. The molecule has 1 amide bonds. The van der Waals surface area contributed by atoms with Crippen molar-refractivity contribution >= 4 is 23.5 Å². The molecule has 0 atom stereocenters. The number of nitrogens with zero attached hydrogens (tertiary/aromatic N) is 3. The summed E-state index contributed by atoms with van der Waals surface area (Å²) in [5, 5.41) is 9.68. The normalized spacial score (nSPS) is 15.9. The van der Waals surface area contributed by atoms with Crippen LogP contribution in [0.4, 0.5) is 5.69 Å². The fourth-order valence-corrected chi connectivity index (χ4v) is 4.00. The standard InChI is InChI=1S/C20H29N3O3S/c1-20(2,3)23(19(24)14-7-9-22(27-6)10-8-14)16-12-18(26-5)17(25-4)11-15(16)13-21/h11-12,14H,7-10H2,1-6H3. The van der Waals surface area contributed by atoms with Gasteiger partial charge in [-0.15, -0.1) is 0 Å². The van der Waals surface area contributed by atoms with E-state index in [0.29, 0.717) is 22.7 Å². The Balaban J connectivity index is 2.46. The van der Waals surface area contributed by atoms with Gasteiger partial charge in [0.15, 0.2) is 11.5 Å². The molecule has 1 aliphatic heterocycles. The molecule has 0 bridgehead atoms. The van der Waals surface area contributed by atoms with Crippen molar-refractivity contribution in [1.82, 2.24) is 4.31 Å². The van der Waals surface area contributed by atoms with Crippen LogP contribution in [0.25, 0.3) is 0 Å². The van der Waals surface area contributed by atoms with Crippen molar-refractivity contribution < 1.29 is 14.3 Å². The van der Waals surface area contributed by atoms with Crippen LogP contribution in [0, 0.1) is 17.2 Å². The molecule has 1 aliphatic rings. The van der Waals surface area contributed by atoms with Crippen molar-refractivity contribution in [3.05, 3.63) is 17.7 Å². The van der Waals surface area contributed by atoms with Gasteiger partial charge in [0.2, 0.25) is 5.91 Å². The van der Waals surface area contributed by atoms with Crippen LogP contribution in [0.1, 0.15) is 39.2 Å². The van der Waals surface area contributed by atoms with Crippen LogP contribution < -0.4 is 14.4 Å². The summed E-state index contributed by atoms with van der Waals surface area (Å²) < 4.78 is 13.0. The minimum Gasteiger partial charge on any atom is -0.493 e. The number of hydrogen-bond donors (Lipinski definition) is 0. The van der Waals surface area contributed by atoms with Gasteiger partial charge in [0, 0.05) is 36.7 Å². The van der Waals surface area contributed by atoms with Crippen LogP contribution in [-0.4, -0.2) is 49.3 Å². The van der Waals surface area contributed by atoms with Crippen LogP contribution in [-0.2, 0) is 4.79 Å². The molecule has 2 rings (SSSR count). The molecule has 1 heterocycles. The zero-order chi connectivity index (χ0) is 20.2. The van der Waals surface area contributed by atoms with Crippen LogP contribution in [0.15, 0.2) is 12.1 Å². The number of carbonyl (C=O) groups is 1. The van der Waals surface area contributed by atoms with Gasteiger partial charge in [-0.05, 0) is 39.9 Å². The first-order chi connectivity index (χ1) is 12.8. The van der Waals surface area contributed by atoms with Gasteiger partial charge in [-0.2, -0.15) is 5.26 Å². The number of hydrogen-bond acceptors (Lipinski definition) is 6. The molecule has 6 nitrogen and oxygen atoms in total. The molecule has 0 aliphatic carbocycles. The summed E-state index contributed by atoms with van der Waals surface area (Å²) in [4.78, 5) is 15.2. The molecule has 7 heteroatoms. The monoisotopic (exact) mass is 391 g/mol. The zero-order valence-corrected chi connectivity index (χ0v) is 17.9. The Labute approximate surface area is 166 Å². The van der Waals surface area contributed by atoms with E-state index in [1.807, 2.05) is 20.8 Å². The van der Waals surface area contributed by atoms with E-state index in [-0.39, 0.29) is 11.8 Å². The number of methoxy groups -OCH3 is 2. The molecule has 27 heavy (non-hydrogen) atoms. The molecule has 1 aromatic carbocycles. The first kappa shape index (κ1) is 21.4. The second-order valence-corrected chi connectivity index (χ2v) is 8.45. The highest BCUT2D eigenvalue weighted by atomic mass is 32.2. The molecule has 1 saturated heterocycles. The number of carbonyl (C=O) groups excluding carboxylic acids is 1. The van der Waals surface area contributed by atoms with E-state index in [0.717, 1.165) is 25.9 Å². The highest BCUT2D eigenvalue weighted by Gasteiger charge is 2.36. The maximum absolute atomic E-state index is 13.5. The average Bonchev–Trinajstić information content (AvgIpc) is 2.66. The quantitative estimate of drug-likeness (QED) is 0.713. The number of amides is 1. The Kier molecular flexibility index (Phi) is 7.01. The maximum atomic E-state index is 13.5. The van der Waals surface area contributed by atoms with Gasteiger partial charge in [-0.25, -0.2) is 0 Å². The van der Waals surface area contributed by atoms with E-state index in [4.69, 9.17) is 9.47 Å². The largest absolute Gasteiger partial charge is 0.493 e. The molecule has 0 saturated carbocycles. The van der Waals surface area contributed by atoms with E-state index in [1.54, 1.807) is 36.1 Å². The molecule has 1 fully saturated rings. The predicted octanol–water partition coefficient (Wildman–Crippen LogP) is 3.70. The number of piperidine rings is 1. The third-order valence-electron chi connectivity index (χ3n) is 4.82. The number of anilines is 1. The molecule has 0 N–H and O–H groups in total. The van der Waals surface area contributed by atoms with Crippen LogP contribution >= 0.6 is 11.9 Å². The lowest BCUT2D eigenvalue weighted by atomic mass is 9.92. The van der Waals surface area contributed by atoms with Crippen molar-refractivity contribution in [2.24, 2.45) is 5.92 Å². The minimum absolute atomic E-state index is 0.0488. The van der Waals surface area contributed by atoms with E-state index >= 15 is 0 Å². The molecule has 0 unspecified atom stereocenters. The van der Waals surface area contributed by atoms with Gasteiger partial charge in [0.1, 0.15) is 6.07 Å². The van der Waals surface area contributed by atoms with Crippen molar-refractivity contribution in [1.29, 1.82) is 5.26 Å². The van der Waals surface area contributed by atoms with E-state index in [2.05, 4.69) is 16.6 Å². The lowest BCUT2D eigenvalue weighted by molar-refractivity contribution is -0.124. The van der Waals surface area contributed by atoms with Crippen LogP contribution in [0.2, 0.25) is 0 Å². The zero-order valence-electron chi connectivity index (χ0n) is 17.0. The summed E-state index contributed by atoms with van der Waals surface area (Å²) in [7, 11) is 3.08. The summed E-state index contributed by atoms with van der Waals surface area (Å²) >= 11 is 1.72. The minimum atomic E-state index is -0.473. The Morgan fingerprint density at radius 2 is 1.78 bits per heavy atom. The van der Waals surface area contributed by atoms with Crippen molar-refractivity contribution in [2.75, 3.05) is 38.5 Å². The van der Waals surface area contributed by atoms with E-state index in [1.165, 1.54) is 7.11 Å². The molecular weight excluding hydrogens is 362 g/mol. The topological polar surface area (TPSA) is 65.8 Å². The lowest BCUT2D eigenvalue weighted by Crippen LogP contribution is -2.50. The summed E-state index contributed by atoms with van der Waals surface area (Å²) in [6.45, 7) is 7.75. The summed E-state index contributed by atoms with van der Waals surface area (Å²) in [6, 6.07) is 5.58. The number of nitriles is 1. The Bertz CT molecular complexity index is 716. The third-order valence-corrected chi connectivity index (χ3v) is 5.70. The van der Waals surface area contributed by atoms with Gasteiger partial charge >= 0.3 is 0 Å². The highest BCUT2D eigenvalue weighted by molar-refractivity contribution is 7.96. The first-order valence-electron chi connectivity index (χ1n) is 9.06. The number of benzene rings is 1. The van der Waals surface area contributed by atoms with Gasteiger partial charge in [-0.1, -0.05) is 11.9 Å². The maximum Gasteiger partial charge on any atom is 0.230 e. The van der Waals surface area contributed by atoms with E-state index < -0.39 is 5.54 Å². The molecule has 0 spiro atoms. The van der Waals surface area contributed by atoms with Crippen molar-refractivity contribution in [3.63, 3.8) is 0 Å². The smallest absolute Gasteiger partial charge is 0.230 e. The molecule has 1 aromatic rings. The average molecular weight is 392 g/mol. The SMILES string of the molecule is COc1cc(C#N)c(N(C(=O)C2CCN(SC)CC2)C(C)(C)C)cc1OC. The van der Waals surface area contributed by atoms with E-state index in [9.17, 15) is 10.1 Å². The molecular formula is C20H29N3O3S. The fourth-order valence-electron chi connectivity index (χ4n) is 3.42. The van der Waals surface area contributed by atoms with Gasteiger partial charge in [-0.3, -0.25) is 9.10 Å². The summed E-state index contributed by atoms with van der Waals surface area (Å²) in [6.07, 6.45) is 3.70. The third kappa shape index (κ3) is 4.69. The van der Waals surface area contributed by atoms with Crippen molar-refractivity contribution in [2.45, 2.75) is 39.2 Å². The molecule has 0 radical (unpaired) electrons. The van der Waals surface area contributed by atoms with Crippen LogP contribution in [0.3, 0.4) is 0 Å². The van der Waals surface area contributed by atoms with Gasteiger partial charge in [0.25, 0.3) is 0 Å². The van der Waals surface area contributed by atoms with Gasteiger partial charge in [0.05, 0.1) is 25.5 Å². The molecule has 148 valence electrons. The number of rotatable bonds is 5. The Morgan fingerprint density at radius 3 is 2.22 bits per heavy atom. The Morgan fingerprint density at radius 1 is 1.22 bits per heavy atom. The number of ether oxygens (including phenoxy) is 2. The second-order valence-electron chi connectivity index (χ2n) is 7.57. The first-order valence-corrected chi connectivity index (χ1v) is 10.2. The summed E-state index contributed by atoms with van der Waals surface area (Å²) in [5.74, 6) is 0.998. The molecule has 0 aromatic heterocycles. The Hall–Kier alpha value is -1.91. The summed E-state index contributed by atoms with van der Waals surface area (Å²) in [5.41, 5.74) is 0.497. The highest BCUT2D eigenvalue weighted by Crippen LogP contribution is 2.39. The van der Waals surface area contributed by atoms with Crippen LogP contribution in [0.5, 0.6) is 11.5 Å².